The summed E-state index contributed by atoms with van der Waals surface area (Å²) < 4.78 is -0.659. The number of pyridine rings is 1. The van der Waals surface area contributed by atoms with Crippen molar-refractivity contribution in [2.75, 3.05) is 5.32 Å². The Bertz CT molecular complexity index is 705. The largest absolute Gasteiger partial charge is 0.325 e. The van der Waals surface area contributed by atoms with Gasteiger partial charge >= 0.3 is 0 Å². The minimum Gasteiger partial charge on any atom is -0.325 e. The van der Waals surface area contributed by atoms with Gasteiger partial charge in [-0.3, -0.25) is 9.78 Å². The van der Waals surface area contributed by atoms with Crippen LogP contribution in [0.1, 0.15) is 38.4 Å². The molecule has 1 N–H and O–H groups in total. The average molecular weight is 343 g/mol. The average Bonchev–Trinajstić information content (AvgIpc) is 2.53. The van der Waals surface area contributed by atoms with E-state index in [0.717, 1.165) is 22.6 Å². The van der Waals surface area contributed by atoms with Gasteiger partial charge in [-0.05, 0) is 56.0 Å². The molecule has 128 valence electrons. The number of carbonyl (C=O) groups is 1. The number of hydrogen-bond donors (Lipinski definition) is 2. The molecule has 4 heteroatoms. The van der Waals surface area contributed by atoms with Crippen molar-refractivity contribution in [2.24, 2.45) is 5.92 Å². The van der Waals surface area contributed by atoms with Crippen LogP contribution >= 0.6 is 12.6 Å². The molecule has 1 aromatic carbocycles. The number of aryl methyl sites for hydroxylation is 2. The summed E-state index contributed by atoms with van der Waals surface area (Å²) in [5.41, 5.74) is 4.96. The predicted molar refractivity (Wildman–Crippen MR) is 105 cm³/mol. The molecule has 1 heterocycles. The van der Waals surface area contributed by atoms with E-state index in [0.29, 0.717) is 6.42 Å². The first-order valence-corrected chi connectivity index (χ1v) is 8.80. The molecule has 0 bridgehead atoms. The van der Waals surface area contributed by atoms with Crippen LogP contribution in [-0.2, 0) is 4.79 Å². The van der Waals surface area contributed by atoms with Crippen LogP contribution < -0.4 is 5.32 Å². The monoisotopic (exact) mass is 342 g/mol. The van der Waals surface area contributed by atoms with Crippen molar-refractivity contribution < 1.29 is 4.79 Å². The molecule has 2 rings (SSSR count). The molecule has 24 heavy (non-hydrogen) atoms. The fourth-order valence-corrected chi connectivity index (χ4v) is 2.84. The van der Waals surface area contributed by atoms with Crippen molar-refractivity contribution in [2.45, 2.75) is 45.8 Å². The molecule has 0 fully saturated rings. The molecule has 1 unspecified atom stereocenters. The van der Waals surface area contributed by atoms with Gasteiger partial charge in [0.2, 0.25) is 5.91 Å². The lowest BCUT2D eigenvalue weighted by molar-refractivity contribution is -0.119. The summed E-state index contributed by atoms with van der Waals surface area (Å²) in [5.74, 6) is 0.102. The number of nitrogens with zero attached hydrogens (tertiary/aromatic N) is 1. The highest BCUT2D eigenvalue weighted by Crippen LogP contribution is 2.30. The molecule has 0 aliphatic carbocycles. The van der Waals surface area contributed by atoms with Crippen LogP contribution in [0, 0.1) is 19.8 Å². The van der Waals surface area contributed by atoms with Gasteiger partial charge in [0.25, 0.3) is 0 Å². The zero-order chi connectivity index (χ0) is 17.9. The van der Waals surface area contributed by atoms with Gasteiger partial charge in [-0.2, -0.15) is 12.6 Å². The van der Waals surface area contributed by atoms with Crippen molar-refractivity contribution in [3.05, 3.63) is 47.7 Å². The van der Waals surface area contributed by atoms with Crippen LogP contribution in [0.15, 0.2) is 36.4 Å². The minimum absolute atomic E-state index is 0.0550. The lowest BCUT2D eigenvalue weighted by Gasteiger charge is -2.30. The van der Waals surface area contributed by atoms with E-state index in [1.807, 2.05) is 52.0 Å². The van der Waals surface area contributed by atoms with Crippen molar-refractivity contribution in [1.82, 2.24) is 4.98 Å². The molecule has 3 nitrogen and oxygen atoms in total. The summed E-state index contributed by atoms with van der Waals surface area (Å²) in [7, 11) is 0. The van der Waals surface area contributed by atoms with Crippen molar-refractivity contribution in [3.8, 4) is 11.3 Å². The molecular formula is C20H26N2OS. The van der Waals surface area contributed by atoms with E-state index in [2.05, 4.69) is 42.0 Å². The second-order valence-corrected chi connectivity index (χ2v) is 7.43. The summed E-state index contributed by atoms with van der Waals surface area (Å²) in [6.45, 7) is 10.1. The number of carbonyl (C=O) groups excluding carboxylic acids is 1. The van der Waals surface area contributed by atoms with E-state index >= 15 is 0 Å². The Hall–Kier alpha value is -1.81. The summed E-state index contributed by atoms with van der Waals surface area (Å²) in [6, 6.07) is 11.9. The Balaban J connectivity index is 2.19. The molecule has 0 aliphatic rings. The third-order valence-corrected chi connectivity index (χ3v) is 5.46. The minimum atomic E-state index is -0.659. The third kappa shape index (κ3) is 3.99. The Morgan fingerprint density at radius 1 is 1.21 bits per heavy atom. The fraction of sp³-hybridized carbons (Fsp3) is 0.400. The molecule has 2 aromatic rings. The Labute approximate surface area is 150 Å². The Morgan fingerprint density at radius 3 is 2.33 bits per heavy atom. The van der Waals surface area contributed by atoms with Gasteiger partial charge in [0.05, 0.1) is 10.4 Å². The highest BCUT2D eigenvalue weighted by molar-refractivity contribution is 7.82. The second-order valence-electron chi connectivity index (χ2n) is 6.64. The van der Waals surface area contributed by atoms with Crippen molar-refractivity contribution in [3.63, 3.8) is 0 Å². The van der Waals surface area contributed by atoms with Crippen LogP contribution in [0.4, 0.5) is 5.69 Å². The number of thiol groups is 1. The molecule has 0 radical (unpaired) electrons. The molecule has 0 saturated carbocycles. The van der Waals surface area contributed by atoms with Gasteiger partial charge in [0, 0.05) is 16.9 Å². The molecule has 1 aromatic heterocycles. The summed E-state index contributed by atoms with van der Waals surface area (Å²) in [6.07, 6.45) is 0.685. The summed E-state index contributed by atoms with van der Waals surface area (Å²) in [4.78, 5) is 17.1. The third-order valence-electron chi connectivity index (χ3n) is 4.42. The van der Waals surface area contributed by atoms with Crippen LogP contribution in [0.2, 0.25) is 0 Å². The van der Waals surface area contributed by atoms with Crippen LogP contribution in [0.5, 0.6) is 0 Å². The van der Waals surface area contributed by atoms with Gasteiger partial charge in [-0.1, -0.05) is 32.9 Å². The highest BCUT2D eigenvalue weighted by atomic mass is 32.1. The zero-order valence-corrected chi connectivity index (χ0v) is 15.9. The number of anilines is 1. The van der Waals surface area contributed by atoms with E-state index in [9.17, 15) is 4.79 Å². The van der Waals surface area contributed by atoms with Crippen molar-refractivity contribution >= 4 is 24.2 Å². The van der Waals surface area contributed by atoms with Gasteiger partial charge < -0.3 is 5.32 Å². The van der Waals surface area contributed by atoms with Gasteiger partial charge in [-0.15, -0.1) is 0 Å². The standard InChI is InChI=1S/C20H26N2OS/c1-6-20(24,13(2)3)19(23)22-17-9-7-16(8-10-17)18-12-14(4)11-15(5)21-18/h7-13,24H,6H2,1-5H3,(H,22,23). The zero-order valence-electron chi connectivity index (χ0n) is 15.1. The molecular weight excluding hydrogens is 316 g/mol. The molecule has 0 aliphatic heterocycles. The fourth-order valence-electron chi connectivity index (χ4n) is 2.78. The number of benzene rings is 1. The Morgan fingerprint density at radius 2 is 1.83 bits per heavy atom. The number of hydrogen-bond acceptors (Lipinski definition) is 3. The molecule has 1 amide bonds. The van der Waals surface area contributed by atoms with E-state index in [4.69, 9.17) is 0 Å². The number of rotatable bonds is 5. The van der Waals surface area contributed by atoms with Gasteiger partial charge in [0.1, 0.15) is 0 Å². The maximum absolute atomic E-state index is 12.6. The maximum Gasteiger partial charge on any atom is 0.240 e. The first-order chi connectivity index (χ1) is 11.3. The van der Waals surface area contributed by atoms with E-state index in [-0.39, 0.29) is 11.8 Å². The normalized spacial score (nSPS) is 13.6. The van der Waals surface area contributed by atoms with Crippen molar-refractivity contribution in [1.29, 1.82) is 0 Å². The SMILES string of the molecule is CCC(S)(C(=O)Nc1ccc(-c2cc(C)cc(C)n2)cc1)C(C)C. The maximum atomic E-state index is 12.6. The van der Waals surface area contributed by atoms with E-state index < -0.39 is 4.75 Å². The van der Waals surface area contributed by atoms with Crippen LogP contribution in [-0.4, -0.2) is 15.6 Å². The summed E-state index contributed by atoms with van der Waals surface area (Å²) in [5, 5.41) is 2.98. The Kier molecular flexibility index (Phi) is 5.70. The molecule has 0 spiro atoms. The lowest BCUT2D eigenvalue weighted by Crippen LogP contribution is -2.41. The predicted octanol–water partition coefficient (Wildman–Crippen LogP) is 5.04. The van der Waals surface area contributed by atoms with Gasteiger partial charge in [-0.25, -0.2) is 0 Å². The molecule has 0 saturated heterocycles. The number of aromatic nitrogens is 1. The first kappa shape index (κ1) is 18.5. The van der Waals surface area contributed by atoms with Crippen LogP contribution in [0.25, 0.3) is 11.3 Å². The lowest BCUT2D eigenvalue weighted by atomic mass is 9.91. The summed E-state index contributed by atoms with van der Waals surface area (Å²) >= 11 is 4.62. The highest BCUT2D eigenvalue weighted by Gasteiger charge is 2.35. The second kappa shape index (κ2) is 7.39. The number of amides is 1. The number of nitrogens with one attached hydrogen (secondary N) is 1. The first-order valence-electron chi connectivity index (χ1n) is 8.36. The van der Waals surface area contributed by atoms with Crippen LogP contribution in [0.3, 0.4) is 0 Å². The smallest absolute Gasteiger partial charge is 0.240 e. The van der Waals surface area contributed by atoms with E-state index in [1.165, 1.54) is 5.56 Å². The van der Waals surface area contributed by atoms with E-state index in [1.54, 1.807) is 0 Å². The topological polar surface area (TPSA) is 42.0 Å². The quantitative estimate of drug-likeness (QED) is 0.748. The van der Waals surface area contributed by atoms with Gasteiger partial charge in [0.15, 0.2) is 0 Å². The molecule has 1 atom stereocenters.